The first-order valence-corrected chi connectivity index (χ1v) is 8.31. The minimum absolute atomic E-state index is 0.174. The summed E-state index contributed by atoms with van der Waals surface area (Å²) < 4.78 is 5.29. The fourth-order valence-corrected chi connectivity index (χ4v) is 2.55. The fourth-order valence-electron chi connectivity index (χ4n) is 2.22. The Labute approximate surface area is 160 Å². The molecule has 3 aromatic rings. The van der Waals surface area contributed by atoms with Crippen molar-refractivity contribution in [2.75, 3.05) is 17.7 Å². The third-order valence-electron chi connectivity index (χ3n) is 3.45. The smallest absolute Gasteiger partial charge is 0.274 e. The van der Waals surface area contributed by atoms with Crippen molar-refractivity contribution in [2.45, 2.75) is 0 Å². The van der Waals surface area contributed by atoms with Gasteiger partial charge < -0.3 is 15.4 Å². The van der Waals surface area contributed by atoms with Gasteiger partial charge in [0.15, 0.2) is 0 Å². The number of halogens is 2. The Morgan fingerprint density at radius 2 is 1.85 bits per heavy atom. The third-order valence-corrected chi connectivity index (χ3v) is 4.01. The van der Waals surface area contributed by atoms with Gasteiger partial charge in [0, 0.05) is 11.1 Å². The van der Waals surface area contributed by atoms with Gasteiger partial charge in [-0.2, -0.15) is 0 Å². The molecule has 2 N–H and O–H groups in total. The van der Waals surface area contributed by atoms with Gasteiger partial charge in [-0.25, -0.2) is 9.97 Å². The molecule has 0 aliphatic heterocycles. The summed E-state index contributed by atoms with van der Waals surface area (Å²) in [6.07, 6.45) is 1.30. The average Bonchev–Trinajstić information content (AvgIpc) is 2.65. The molecule has 1 amide bonds. The van der Waals surface area contributed by atoms with Crippen molar-refractivity contribution in [3.05, 3.63) is 70.6 Å². The Morgan fingerprint density at radius 1 is 1.04 bits per heavy atom. The molecule has 3 rings (SSSR count). The molecule has 0 fully saturated rings. The molecule has 0 saturated heterocycles. The van der Waals surface area contributed by atoms with E-state index in [0.717, 1.165) is 5.69 Å². The van der Waals surface area contributed by atoms with Gasteiger partial charge in [0.1, 0.15) is 23.6 Å². The number of carbonyl (C=O) groups excluding carboxylic acids is 1. The normalized spacial score (nSPS) is 10.3. The number of hydrogen-bond donors (Lipinski definition) is 2. The molecule has 0 aliphatic carbocycles. The quantitative estimate of drug-likeness (QED) is 0.656. The van der Waals surface area contributed by atoms with Crippen LogP contribution >= 0.6 is 23.2 Å². The molecule has 1 aromatic heterocycles. The second-order valence-electron chi connectivity index (χ2n) is 5.19. The Balaban J connectivity index is 1.80. The van der Waals surface area contributed by atoms with Crippen LogP contribution in [-0.4, -0.2) is 23.0 Å². The van der Waals surface area contributed by atoms with Crippen molar-refractivity contribution in [2.24, 2.45) is 0 Å². The number of anilines is 3. The van der Waals surface area contributed by atoms with Crippen LogP contribution in [-0.2, 0) is 0 Å². The molecule has 6 nitrogen and oxygen atoms in total. The van der Waals surface area contributed by atoms with Crippen LogP contribution in [0.25, 0.3) is 0 Å². The van der Waals surface area contributed by atoms with E-state index < -0.39 is 5.91 Å². The van der Waals surface area contributed by atoms with Crippen LogP contribution in [0.1, 0.15) is 10.5 Å². The molecule has 0 bridgehead atoms. The van der Waals surface area contributed by atoms with E-state index in [-0.39, 0.29) is 5.69 Å². The number of benzene rings is 2. The standard InChI is InChI=1S/C18H14Cl2N4O2/c1-26-16-5-3-2-4-13(16)23-17-9-15(21-10-22-17)18(25)24-14-8-11(19)6-7-12(14)20/h2-10H,1H3,(H,24,25)(H,21,22,23). The molecule has 0 aliphatic rings. The molecule has 8 heteroatoms. The predicted octanol–water partition coefficient (Wildman–Crippen LogP) is 4.79. The molecule has 0 unspecified atom stereocenters. The second-order valence-corrected chi connectivity index (χ2v) is 6.04. The van der Waals surface area contributed by atoms with Crippen LogP contribution in [0.5, 0.6) is 5.75 Å². The number of ether oxygens (including phenoxy) is 1. The monoisotopic (exact) mass is 388 g/mol. The number of carbonyl (C=O) groups is 1. The average molecular weight is 389 g/mol. The lowest BCUT2D eigenvalue weighted by Crippen LogP contribution is -2.14. The topological polar surface area (TPSA) is 76.1 Å². The number of hydrogen-bond acceptors (Lipinski definition) is 5. The zero-order valence-corrected chi connectivity index (χ0v) is 15.2. The maximum Gasteiger partial charge on any atom is 0.274 e. The number of rotatable bonds is 5. The Bertz CT molecular complexity index is 950. The van der Waals surface area contributed by atoms with Crippen LogP contribution in [0.15, 0.2) is 54.9 Å². The van der Waals surface area contributed by atoms with Crippen molar-refractivity contribution in [1.29, 1.82) is 0 Å². The zero-order valence-electron chi connectivity index (χ0n) is 13.7. The van der Waals surface area contributed by atoms with E-state index in [4.69, 9.17) is 27.9 Å². The first-order valence-electron chi connectivity index (χ1n) is 7.55. The lowest BCUT2D eigenvalue weighted by Gasteiger charge is -2.11. The lowest BCUT2D eigenvalue weighted by atomic mass is 10.2. The molecule has 26 heavy (non-hydrogen) atoms. The van der Waals surface area contributed by atoms with E-state index in [2.05, 4.69) is 20.6 Å². The molecular formula is C18H14Cl2N4O2. The molecule has 2 aromatic carbocycles. The highest BCUT2D eigenvalue weighted by Crippen LogP contribution is 2.27. The van der Waals surface area contributed by atoms with Gasteiger partial charge in [-0.1, -0.05) is 35.3 Å². The predicted molar refractivity (Wildman–Crippen MR) is 103 cm³/mol. The highest BCUT2D eigenvalue weighted by Gasteiger charge is 2.12. The van der Waals surface area contributed by atoms with Crippen molar-refractivity contribution >= 4 is 46.3 Å². The van der Waals surface area contributed by atoms with Gasteiger partial charge in [-0.15, -0.1) is 0 Å². The second kappa shape index (κ2) is 8.03. The zero-order chi connectivity index (χ0) is 18.5. The summed E-state index contributed by atoms with van der Waals surface area (Å²) in [6.45, 7) is 0. The number of para-hydroxylation sites is 2. The number of methoxy groups -OCH3 is 1. The van der Waals surface area contributed by atoms with Crippen molar-refractivity contribution in [3.63, 3.8) is 0 Å². The first-order chi connectivity index (χ1) is 12.6. The molecule has 132 valence electrons. The Hall–Kier alpha value is -2.83. The highest BCUT2D eigenvalue weighted by atomic mass is 35.5. The van der Waals surface area contributed by atoms with E-state index in [1.165, 1.54) is 12.4 Å². The molecule has 1 heterocycles. The summed E-state index contributed by atoms with van der Waals surface area (Å²) >= 11 is 12.0. The summed E-state index contributed by atoms with van der Waals surface area (Å²) in [4.78, 5) is 20.6. The van der Waals surface area contributed by atoms with Gasteiger partial charge in [0.05, 0.1) is 23.5 Å². The van der Waals surface area contributed by atoms with E-state index in [1.807, 2.05) is 24.3 Å². The Kier molecular flexibility index (Phi) is 5.55. The number of nitrogens with one attached hydrogen (secondary N) is 2. The van der Waals surface area contributed by atoms with Crippen LogP contribution in [0, 0.1) is 0 Å². The van der Waals surface area contributed by atoms with Crippen molar-refractivity contribution in [3.8, 4) is 5.75 Å². The third kappa shape index (κ3) is 4.22. The van der Waals surface area contributed by atoms with Crippen LogP contribution in [0.4, 0.5) is 17.2 Å². The van der Waals surface area contributed by atoms with Crippen molar-refractivity contribution < 1.29 is 9.53 Å². The Morgan fingerprint density at radius 3 is 2.65 bits per heavy atom. The largest absolute Gasteiger partial charge is 0.495 e. The van der Waals surface area contributed by atoms with Crippen molar-refractivity contribution in [1.82, 2.24) is 9.97 Å². The summed E-state index contributed by atoms with van der Waals surface area (Å²) in [5.74, 6) is 0.675. The summed E-state index contributed by atoms with van der Waals surface area (Å²) in [5.41, 5.74) is 1.30. The van der Waals surface area contributed by atoms with E-state index in [0.29, 0.717) is 27.3 Å². The maximum atomic E-state index is 12.4. The van der Waals surface area contributed by atoms with Gasteiger partial charge in [-0.3, -0.25) is 4.79 Å². The minimum atomic E-state index is -0.431. The molecule has 0 spiro atoms. The summed E-state index contributed by atoms with van der Waals surface area (Å²) in [6, 6.07) is 13.7. The van der Waals surface area contributed by atoms with E-state index >= 15 is 0 Å². The molecule has 0 radical (unpaired) electrons. The van der Waals surface area contributed by atoms with Gasteiger partial charge >= 0.3 is 0 Å². The van der Waals surface area contributed by atoms with Crippen LogP contribution in [0.2, 0.25) is 10.0 Å². The van der Waals surface area contributed by atoms with Gasteiger partial charge in [-0.05, 0) is 30.3 Å². The fraction of sp³-hybridized carbons (Fsp3) is 0.0556. The molecule has 0 atom stereocenters. The van der Waals surface area contributed by atoms with E-state index in [9.17, 15) is 4.79 Å². The maximum absolute atomic E-state index is 12.4. The van der Waals surface area contributed by atoms with Gasteiger partial charge in [0.25, 0.3) is 5.91 Å². The SMILES string of the molecule is COc1ccccc1Nc1cc(C(=O)Nc2cc(Cl)ccc2Cl)ncn1. The summed E-state index contributed by atoms with van der Waals surface area (Å²) in [5, 5.41) is 6.63. The summed E-state index contributed by atoms with van der Waals surface area (Å²) in [7, 11) is 1.58. The number of amides is 1. The van der Waals surface area contributed by atoms with Crippen LogP contribution < -0.4 is 15.4 Å². The first kappa shape index (κ1) is 18.0. The molecular weight excluding hydrogens is 375 g/mol. The number of aromatic nitrogens is 2. The molecule has 0 saturated carbocycles. The minimum Gasteiger partial charge on any atom is -0.495 e. The van der Waals surface area contributed by atoms with Crippen LogP contribution in [0.3, 0.4) is 0 Å². The van der Waals surface area contributed by atoms with Gasteiger partial charge in [0.2, 0.25) is 0 Å². The number of nitrogens with zero attached hydrogens (tertiary/aromatic N) is 2. The highest BCUT2D eigenvalue weighted by molar-refractivity contribution is 6.35. The van der Waals surface area contributed by atoms with E-state index in [1.54, 1.807) is 25.3 Å². The lowest BCUT2D eigenvalue weighted by molar-refractivity contribution is 0.102.